The predicted molar refractivity (Wildman–Crippen MR) is 97.5 cm³/mol. The number of nitrogens with zero attached hydrogens (tertiary/aromatic N) is 3. The van der Waals surface area contributed by atoms with Crippen molar-refractivity contribution >= 4 is 17.4 Å². The van der Waals surface area contributed by atoms with Crippen molar-refractivity contribution in [1.29, 1.82) is 0 Å². The Morgan fingerprint density at radius 1 is 0.960 bits per heavy atom. The molecule has 1 amide bonds. The lowest BCUT2D eigenvalue weighted by atomic mass is 10.1. The van der Waals surface area contributed by atoms with Gasteiger partial charge in [0.15, 0.2) is 5.69 Å². The Hall–Kier alpha value is -3.28. The highest BCUT2D eigenvalue weighted by molar-refractivity contribution is 6.02. The lowest BCUT2D eigenvalue weighted by molar-refractivity contribution is 0.102. The van der Waals surface area contributed by atoms with Gasteiger partial charge >= 0.3 is 0 Å². The fraction of sp³-hybridized carbons (Fsp3) is 0.158. The summed E-state index contributed by atoms with van der Waals surface area (Å²) < 4.78 is 0. The van der Waals surface area contributed by atoms with E-state index in [-0.39, 0.29) is 11.6 Å². The van der Waals surface area contributed by atoms with Crippen LogP contribution in [-0.4, -0.2) is 21.1 Å². The molecule has 1 aromatic carbocycles. The fourth-order valence-electron chi connectivity index (χ4n) is 2.48. The maximum Gasteiger partial charge on any atom is 0.276 e. The molecule has 3 aromatic rings. The van der Waals surface area contributed by atoms with Crippen LogP contribution in [0.2, 0.25) is 0 Å². The van der Waals surface area contributed by atoms with Gasteiger partial charge in [-0.15, -0.1) is 10.2 Å². The van der Waals surface area contributed by atoms with E-state index in [1.165, 1.54) is 0 Å². The molecule has 6 nitrogen and oxygen atoms in total. The van der Waals surface area contributed by atoms with Gasteiger partial charge in [-0.2, -0.15) is 0 Å². The third-order valence-corrected chi connectivity index (χ3v) is 3.60. The number of aryl methyl sites for hydroxylation is 2. The van der Waals surface area contributed by atoms with Crippen molar-refractivity contribution in [2.24, 2.45) is 0 Å². The van der Waals surface area contributed by atoms with Gasteiger partial charge in [0.2, 0.25) is 0 Å². The quantitative estimate of drug-likeness (QED) is 0.748. The number of hydrogen-bond donors (Lipinski definition) is 2. The van der Waals surface area contributed by atoms with E-state index < -0.39 is 0 Å². The summed E-state index contributed by atoms with van der Waals surface area (Å²) >= 11 is 0. The van der Waals surface area contributed by atoms with Crippen molar-refractivity contribution in [2.45, 2.75) is 20.4 Å². The molecule has 0 fully saturated rings. The molecule has 2 heterocycles. The minimum Gasteiger partial charge on any atom is -0.365 e. The van der Waals surface area contributed by atoms with Gasteiger partial charge in [-0.05, 0) is 66.9 Å². The van der Waals surface area contributed by atoms with E-state index >= 15 is 0 Å². The molecule has 6 heteroatoms. The van der Waals surface area contributed by atoms with Crippen LogP contribution in [0.1, 0.15) is 27.2 Å². The van der Waals surface area contributed by atoms with Crippen LogP contribution >= 0.6 is 0 Å². The zero-order chi connectivity index (χ0) is 17.6. The van der Waals surface area contributed by atoms with Crippen LogP contribution in [0.3, 0.4) is 0 Å². The molecule has 0 radical (unpaired) electrons. The average Bonchev–Trinajstić information content (AvgIpc) is 2.60. The Balaban J connectivity index is 1.62. The molecule has 126 valence electrons. The van der Waals surface area contributed by atoms with Crippen molar-refractivity contribution in [3.63, 3.8) is 0 Å². The summed E-state index contributed by atoms with van der Waals surface area (Å²) in [6.45, 7) is 4.60. The number of nitrogens with one attached hydrogen (secondary N) is 2. The van der Waals surface area contributed by atoms with Crippen LogP contribution in [0.4, 0.5) is 11.5 Å². The second-order valence-corrected chi connectivity index (χ2v) is 5.84. The minimum atomic E-state index is -0.279. The molecule has 0 spiro atoms. The summed E-state index contributed by atoms with van der Waals surface area (Å²) in [5, 5.41) is 14.1. The number of pyridine rings is 1. The molecule has 2 N–H and O–H groups in total. The van der Waals surface area contributed by atoms with E-state index in [0.29, 0.717) is 12.4 Å². The Morgan fingerprint density at radius 2 is 1.68 bits per heavy atom. The Bertz CT molecular complexity index is 842. The summed E-state index contributed by atoms with van der Waals surface area (Å²) in [6, 6.07) is 13.1. The van der Waals surface area contributed by atoms with Crippen LogP contribution in [0.15, 0.2) is 54.9 Å². The average molecular weight is 333 g/mol. The third kappa shape index (κ3) is 4.60. The number of benzene rings is 1. The normalized spacial score (nSPS) is 10.3. The van der Waals surface area contributed by atoms with Gasteiger partial charge in [-0.1, -0.05) is 6.07 Å². The molecule has 25 heavy (non-hydrogen) atoms. The molecular formula is C19H19N5O. The van der Waals surface area contributed by atoms with Gasteiger partial charge < -0.3 is 10.6 Å². The lowest BCUT2D eigenvalue weighted by Gasteiger charge is -2.08. The first-order valence-electron chi connectivity index (χ1n) is 7.96. The van der Waals surface area contributed by atoms with Gasteiger partial charge in [0.05, 0.1) is 0 Å². The molecule has 2 aromatic heterocycles. The highest BCUT2D eigenvalue weighted by Crippen LogP contribution is 2.15. The maximum atomic E-state index is 12.3. The summed E-state index contributed by atoms with van der Waals surface area (Å²) in [5.41, 5.74) is 4.31. The van der Waals surface area contributed by atoms with Crippen molar-refractivity contribution in [2.75, 3.05) is 10.6 Å². The first-order valence-corrected chi connectivity index (χ1v) is 7.96. The summed E-state index contributed by atoms with van der Waals surface area (Å²) in [4.78, 5) is 16.3. The van der Waals surface area contributed by atoms with Crippen LogP contribution < -0.4 is 10.6 Å². The second-order valence-electron chi connectivity index (χ2n) is 5.84. The topological polar surface area (TPSA) is 79.8 Å². The van der Waals surface area contributed by atoms with Crippen LogP contribution in [0.5, 0.6) is 0 Å². The standard InChI is InChI=1S/C19H19N5O/c1-13-9-14(2)11-16(10-13)22-19(25)17-3-4-18(24-23-17)21-12-15-5-7-20-8-6-15/h3-11H,12H2,1-2H3,(H,21,24)(H,22,25). The number of amides is 1. The molecule has 0 saturated heterocycles. The smallest absolute Gasteiger partial charge is 0.276 e. The minimum absolute atomic E-state index is 0.272. The Labute approximate surface area is 146 Å². The van der Waals surface area contributed by atoms with Crippen LogP contribution in [0.25, 0.3) is 0 Å². The van der Waals surface area contributed by atoms with Gasteiger partial charge in [0.25, 0.3) is 5.91 Å². The highest BCUT2D eigenvalue weighted by atomic mass is 16.1. The number of aromatic nitrogens is 3. The zero-order valence-electron chi connectivity index (χ0n) is 14.2. The van der Waals surface area contributed by atoms with Crippen LogP contribution in [-0.2, 0) is 6.54 Å². The first kappa shape index (κ1) is 16.6. The Kier molecular flexibility index (Phi) is 4.99. The van der Waals surface area contributed by atoms with Gasteiger partial charge in [-0.3, -0.25) is 9.78 Å². The van der Waals surface area contributed by atoms with Crippen molar-refractivity contribution in [1.82, 2.24) is 15.2 Å². The zero-order valence-corrected chi connectivity index (χ0v) is 14.2. The SMILES string of the molecule is Cc1cc(C)cc(NC(=O)c2ccc(NCc3ccncc3)nn2)c1. The molecule has 0 bridgehead atoms. The molecule has 0 aliphatic heterocycles. The first-order chi connectivity index (χ1) is 12.1. The molecule has 0 aliphatic rings. The maximum absolute atomic E-state index is 12.3. The van der Waals surface area contributed by atoms with E-state index in [9.17, 15) is 4.79 Å². The predicted octanol–water partition coefficient (Wildman–Crippen LogP) is 3.35. The molecular weight excluding hydrogens is 314 g/mol. The van der Waals surface area contributed by atoms with Crippen LogP contribution in [0, 0.1) is 13.8 Å². The molecule has 0 saturated carbocycles. The van der Waals surface area contributed by atoms with E-state index in [2.05, 4.69) is 31.9 Å². The highest BCUT2D eigenvalue weighted by Gasteiger charge is 2.09. The summed E-state index contributed by atoms with van der Waals surface area (Å²) in [7, 11) is 0. The second kappa shape index (κ2) is 7.53. The van der Waals surface area contributed by atoms with Gasteiger partial charge in [0.1, 0.15) is 5.82 Å². The number of carbonyl (C=O) groups excluding carboxylic acids is 1. The Morgan fingerprint density at radius 3 is 2.32 bits per heavy atom. The number of hydrogen-bond acceptors (Lipinski definition) is 5. The monoisotopic (exact) mass is 333 g/mol. The van der Waals surface area contributed by atoms with Gasteiger partial charge in [-0.25, -0.2) is 0 Å². The molecule has 0 unspecified atom stereocenters. The molecule has 0 aliphatic carbocycles. The summed E-state index contributed by atoms with van der Waals surface area (Å²) in [5.74, 6) is 0.331. The number of anilines is 2. The van der Waals surface area contributed by atoms with E-state index in [1.54, 1.807) is 24.5 Å². The van der Waals surface area contributed by atoms with Crippen molar-refractivity contribution < 1.29 is 4.79 Å². The largest absolute Gasteiger partial charge is 0.365 e. The van der Waals surface area contributed by atoms with Crippen molar-refractivity contribution in [3.8, 4) is 0 Å². The van der Waals surface area contributed by atoms with E-state index in [4.69, 9.17) is 0 Å². The van der Waals surface area contributed by atoms with E-state index in [0.717, 1.165) is 22.4 Å². The fourth-order valence-corrected chi connectivity index (χ4v) is 2.48. The number of carbonyl (C=O) groups is 1. The summed E-state index contributed by atoms with van der Waals surface area (Å²) in [6.07, 6.45) is 3.48. The lowest BCUT2D eigenvalue weighted by Crippen LogP contribution is -2.15. The third-order valence-electron chi connectivity index (χ3n) is 3.60. The molecule has 0 atom stereocenters. The van der Waals surface area contributed by atoms with Gasteiger partial charge in [0, 0.05) is 24.6 Å². The number of rotatable bonds is 5. The van der Waals surface area contributed by atoms with E-state index in [1.807, 2.05) is 38.1 Å². The molecule has 3 rings (SSSR count). The van der Waals surface area contributed by atoms with Crippen molar-refractivity contribution in [3.05, 3.63) is 77.2 Å².